The monoisotopic (exact) mass is 377 g/mol. The van der Waals surface area contributed by atoms with E-state index in [1.54, 1.807) is 18.5 Å². The quantitative estimate of drug-likeness (QED) is 0.750. The molecule has 0 spiro atoms. The molecule has 28 heavy (non-hydrogen) atoms. The van der Waals surface area contributed by atoms with Crippen molar-refractivity contribution in [1.29, 1.82) is 0 Å². The number of benzene rings is 1. The van der Waals surface area contributed by atoms with Crippen molar-refractivity contribution in [3.8, 4) is 11.5 Å². The van der Waals surface area contributed by atoms with Gasteiger partial charge < -0.3 is 19.7 Å². The largest absolute Gasteiger partial charge is 0.454 e. The highest BCUT2D eigenvalue weighted by molar-refractivity contribution is 5.93. The molecule has 5 rings (SSSR count). The van der Waals surface area contributed by atoms with Crippen LogP contribution in [0.5, 0.6) is 11.5 Å². The van der Waals surface area contributed by atoms with E-state index in [2.05, 4.69) is 25.2 Å². The lowest BCUT2D eigenvalue weighted by Crippen LogP contribution is -2.38. The second kappa shape index (κ2) is 6.95. The zero-order chi connectivity index (χ0) is 18.9. The van der Waals surface area contributed by atoms with Gasteiger partial charge in [0.1, 0.15) is 5.52 Å². The van der Waals surface area contributed by atoms with Crippen molar-refractivity contribution >= 4 is 28.4 Å². The number of carbonyl (C=O) groups excluding carboxylic acids is 1. The van der Waals surface area contributed by atoms with Gasteiger partial charge >= 0.3 is 0 Å². The lowest BCUT2D eigenvalue weighted by atomic mass is 9.95. The molecule has 0 unspecified atom stereocenters. The van der Waals surface area contributed by atoms with Crippen molar-refractivity contribution in [1.82, 2.24) is 15.0 Å². The van der Waals surface area contributed by atoms with Crippen molar-refractivity contribution in [3.05, 3.63) is 42.9 Å². The Bertz CT molecular complexity index is 1030. The first kappa shape index (κ1) is 16.7. The molecule has 0 bridgehead atoms. The van der Waals surface area contributed by atoms with Crippen LogP contribution in [0.4, 0.5) is 11.4 Å². The van der Waals surface area contributed by atoms with E-state index in [0.717, 1.165) is 42.8 Å². The Morgan fingerprint density at radius 1 is 1.04 bits per heavy atom. The number of pyridine rings is 1. The summed E-state index contributed by atoms with van der Waals surface area (Å²) in [6.45, 7) is 1.82. The molecule has 1 saturated heterocycles. The summed E-state index contributed by atoms with van der Waals surface area (Å²) in [5.41, 5.74) is 3.17. The van der Waals surface area contributed by atoms with Crippen molar-refractivity contribution in [2.24, 2.45) is 5.92 Å². The normalized spacial score (nSPS) is 16.4. The Morgan fingerprint density at radius 2 is 1.86 bits per heavy atom. The number of anilines is 2. The number of hydrogen-bond donors (Lipinski definition) is 1. The average Bonchev–Trinajstić information content (AvgIpc) is 3.21. The van der Waals surface area contributed by atoms with Gasteiger partial charge in [0.2, 0.25) is 12.7 Å². The van der Waals surface area contributed by atoms with E-state index in [9.17, 15) is 4.79 Å². The van der Waals surface area contributed by atoms with Crippen molar-refractivity contribution in [2.75, 3.05) is 30.1 Å². The summed E-state index contributed by atoms with van der Waals surface area (Å²) in [4.78, 5) is 27.8. The van der Waals surface area contributed by atoms with Gasteiger partial charge in [-0.15, -0.1) is 0 Å². The number of aromatic nitrogens is 3. The highest BCUT2D eigenvalue weighted by Gasteiger charge is 2.26. The number of nitrogens with one attached hydrogen (secondary N) is 1. The third-order valence-corrected chi connectivity index (χ3v) is 5.18. The third kappa shape index (κ3) is 3.17. The number of fused-ring (bicyclic) bond motifs is 2. The number of carbonyl (C=O) groups is 1. The van der Waals surface area contributed by atoms with Gasteiger partial charge in [0.25, 0.3) is 0 Å². The summed E-state index contributed by atoms with van der Waals surface area (Å²) < 4.78 is 10.7. The molecule has 8 nitrogen and oxygen atoms in total. The average molecular weight is 377 g/mol. The molecule has 4 heterocycles. The molecule has 0 aliphatic carbocycles. The molecule has 2 aliphatic rings. The van der Waals surface area contributed by atoms with Crippen LogP contribution in [0, 0.1) is 5.92 Å². The van der Waals surface area contributed by atoms with Gasteiger partial charge in [-0.25, -0.2) is 9.97 Å². The number of amides is 1. The topological polar surface area (TPSA) is 89.5 Å². The van der Waals surface area contributed by atoms with E-state index >= 15 is 0 Å². The fourth-order valence-electron chi connectivity index (χ4n) is 3.64. The minimum absolute atomic E-state index is 0.0186. The van der Waals surface area contributed by atoms with E-state index < -0.39 is 0 Å². The number of rotatable bonds is 3. The summed E-state index contributed by atoms with van der Waals surface area (Å²) in [5.74, 6) is 1.40. The first-order valence-electron chi connectivity index (χ1n) is 9.28. The van der Waals surface area contributed by atoms with Crippen molar-refractivity contribution < 1.29 is 14.3 Å². The number of piperidine rings is 1. The molecule has 0 saturated carbocycles. The van der Waals surface area contributed by atoms with E-state index in [4.69, 9.17) is 9.47 Å². The summed E-state index contributed by atoms with van der Waals surface area (Å²) in [6, 6.07) is 7.46. The van der Waals surface area contributed by atoms with Gasteiger partial charge in [-0.3, -0.25) is 9.78 Å². The smallest absolute Gasteiger partial charge is 0.231 e. The van der Waals surface area contributed by atoms with Crippen molar-refractivity contribution in [2.45, 2.75) is 12.8 Å². The molecular weight excluding hydrogens is 358 g/mol. The van der Waals surface area contributed by atoms with Crippen LogP contribution < -0.4 is 19.7 Å². The Hall–Kier alpha value is -3.42. The molecule has 3 aromatic rings. The fourth-order valence-corrected chi connectivity index (χ4v) is 3.64. The highest BCUT2D eigenvalue weighted by Crippen LogP contribution is 2.34. The standard InChI is InChI=1S/C20H19N5O3/c26-20(24-14-1-2-17-18(9-14)28-12-27-17)13-3-7-25(8-4-13)15-10-16-19(23-11-15)22-6-5-21-16/h1-2,5-6,9-11,13H,3-4,7-8,12H2,(H,24,26). The van der Waals surface area contributed by atoms with Gasteiger partial charge in [0.05, 0.1) is 11.9 Å². The van der Waals surface area contributed by atoms with Crippen LogP contribution in [0.15, 0.2) is 42.9 Å². The number of nitrogens with zero attached hydrogens (tertiary/aromatic N) is 4. The third-order valence-electron chi connectivity index (χ3n) is 5.18. The van der Waals surface area contributed by atoms with Gasteiger partial charge in [0, 0.05) is 43.2 Å². The minimum atomic E-state index is -0.0186. The summed E-state index contributed by atoms with van der Waals surface area (Å²) >= 11 is 0. The molecule has 1 N–H and O–H groups in total. The van der Waals surface area contributed by atoms with E-state index in [1.165, 1.54) is 0 Å². The minimum Gasteiger partial charge on any atom is -0.454 e. The summed E-state index contributed by atoms with van der Waals surface area (Å²) in [6.07, 6.45) is 6.70. The van der Waals surface area contributed by atoms with Crippen molar-refractivity contribution in [3.63, 3.8) is 0 Å². The zero-order valence-electron chi connectivity index (χ0n) is 15.2. The lowest BCUT2D eigenvalue weighted by molar-refractivity contribution is -0.120. The van der Waals surface area contributed by atoms with Crippen LogP contribution in [-0.2, 0) is 4.79 Å². The van der Waals surface area contributed by atoms with Crippen LogP contribution in [-0.4, -0.2) is 40.7 Å². The Balaban J connectivity index is 1.22. The second-order valence-corrected chi connectivity index (χ2v) is 6.91. The maximum Gasteiger partial charge on any atom is 0.231 e. The van der Waals surface area contributed by atoms with Crippen LogP contribution in [0.1, 0.15) is 12.8 Å². The van der Waals surface area contributed by atoms with E-state index in [-0.39, 0.29) is 18.6 Å². The van der Waals surface area contributed by atoms with Crippen LogP contribution in [0.2, 0.25) is 0 Å². The first-order valence-corrected chi connectivity index (χ1v) is 9.28. The SMILES string of the molecule is O=C(Nc1ccc2c(c1)OCO2)C1CCN(c2cnc3nccnc3c2)CC1. The van der Waals surface area contributed by atoms with Gasteiger partial charge in [0.15, 0.2) is 17.1 Å². The highest BCUT2D eigenvalue weighted by atomic mass is 16.7. The van der Waals surface area contributed by atoms with Crippen LogP contribution in [0.3, 0.4) is 0 Å². The molecule has 2 aliphatic heterocycles. The zero-order valence-corrected chi connectivity index (χ0v) is 15.2. The molecule has 1 aromatic carbocycles. The maximum atomic E-state index is 12.7. The number of ether oxygens (including phenoxy) is 2. The van der Waals surface area contributed by atoms with E-state index in [1.807, 2.05) is 24.4 Å². The molecule has 142 valence electrons. The summed E-state index contributed by atoms with van der Waals surface area (Å²) in [7, 11) is 0. The van der Waals surface area contributed by atoms with Gasteiger partial charge in [-0.2, -0.15) is 0 Å². The number of hydrogen-bond acceptors (Lipinski definition) is 7. The van der Waals surface area contributed by atoms with Gasteiger partial charge in [-0.1, -0.05) is 0 Å². The Kier molecular flexibility index (Phi) is 4.16. The molecule has 0 radical (unpaired) electrons. The van der Waals surface area contributed by atoms with Gasteiger partial charge in [-0.05, 0) is 31.0 Å². The lowest BCUT2D eigenvalue weighted by Gasteiger charge is -2.32. The van der Waals surface area contributed by atoms with Crippen LogP contribution in [0.25, 0.3) is 11.2 Å². The molecular formula is C20H19N5O3. The molecule has 2 aromatic heterocycles. The Morgan fingerprint density at radius 3 is 2.75 bits per heavy atom. The van der Waals surface area contributed by atoms with Crippen LogP contribution >= 0.6 is 0 Å². The molecule has 8 heteroatoms. The fraction of sp³-hybridized carbons (Fsp3) is 0.300. The molecule has 1 fully saturated rings. The predicted molar refractivity (Wildman–Crippen MR) is 103 cm³/mol. The Labute approximate surface area is 161 Å². The molecule has 1 amide bonds. The summed E-state index contributed by atoms with van der Waals surface area (Å²) in [5, 5.41) is 3.00. The molecule has 0 atom stereocenters. The first-order chi connectivity index (χ1) is 13.8. The predicted octanol–water partition coefficient (Wildman–Crippen LogP) is 2.61. The second-order valence-electron chi connectivity index (χ2n) is 6.91. The van der Waals surface area contributed by atoms with E-state index in [0.29, 0.717) is 17.1 Å². The maximum absolute atomic E-state index is 12.7.